The molecular formula is C24H25N3O3. The van der Waals surface area contributed by atoms with Crippen LogP contribution in [0.15, 0.2) is 48.7 Å². The number of amides is 2. The van der Waals surface area contributed by atoms with Gasteiger partial charge in [-0.3, -0.25) is 9.82 Å². The Balaban J connectivity index is 1.38. The summed E-state index contributed by atoms with van der Waals surface area (Å²) in [5.41, 5.74) is 8.05. The number of ether oxygens (including phenoxy) is 1. The lowest BCUT2D eigenvalue weighted by Gasteiger charge is -2.38. The Kier molecular flexibility index (Phi) is 4.59. The number of carbonyl (C=O) groups excluding carboxylic acids is 1. The number of carbonyl (C=O) groups is 1. The summed E-state index contributed by atoms with van der Waals surface area (Å²) in [5.74, 6) is 0.963. The van der Waals surface area contributed by atoms with Crippen LogP contribution in [-0.2, 0) is 11.3 Å². The van der Waals surface area contributed by atoms with Crippen LogP contribution in [0.1, 0.15) is 24.0 Å². The summed E-state index contributed by atoms with van der Waals surface area (Å²) >= 11 is 0. The molecule has 0 bridgehead atoms. The maximum absolute atomic E-state index is 12.0. The van der Waals surface area contributed by atoms with Crippen molar-refractivity contribution in [3.63, 3.8) is 0 Å². The summed E-state index contributed by atoms with van der Waals surface area (Å²) in [6.07, 6.45) is 4.35. The van der Waals surface area contributed by atoms with Gasteiger partial charge in [0, 0.05) is 43.9 Å². The van der Waals surface area contributed by atoms with Crippen LogP contribution in [0.25, 0.3) is 22.0 Å². The first-order chi connectivity index (χ1) is 14.6. The van der Waals surface area contributed by atoms with Crippen LogP contribution >= 0.6 is 0 Å². The molecule has 2 aromatic carbocycles. The Bertz CT molecular complexity index is 1120. The van der Waals surface area contributed by atoms with E-state index in [1.807, 2.05) is 12.3 Å². The highest BCUT2D eigenvalue weighted by atomic mass is 16.6. The van der Waals surface area contributed by atoms with E-state index in [1.54, 1.807) is 4.90 Å². The van der Waals surface area contributed by atoms with Crippen LogP contribution in [0, 0.1) is 6.92 Å². The molecule has 0 saturated carbocycles. The summed E-state index contributed by atoms with van der Waals surface area (Å²) < 4.78 is 6.41. The molecule has 6 nitrogen and oxygen atoms in total. The summed E-state index contributed by atoms with van der Waals surface area (Å²) in [4.78, 5) is 23.1. The van der Waals surface area contributed by atoms with E-state index in [9.17, 15) is 4.79 Å². The molecule has 6 heteroatoms. The maximum atomic E-state index is 12.0. The number of rotatable bonds is 2. The lowest BCUT2D eigenvalue weighted by atomic mass is 9.86. The van der Waals surface area contributed by atoms with Gasteiger partial charge in [-0.15, -0.1) is 0 Å². The van der Waals surface area contributed by atoms with Gasteiger partial charge in [0.05, 0.1) is 12.6 Å². The minimum Gasteiger partial charge on any atom is -0.487 e. The van der Waals surface area contributed by atoms with Crippen LogP contribution in [0.5, 0.6) is 5.75 Å². The fourth-order valence-electron chi connectivity index (χ4n) is 4.75. The van der Waals surface area contributed by atoms with E-state index >= 15 is 0 Å². The van der Waals surface area contributed by atoms with E-state index in [0.29, 0.717) is 13.1 Å². The van der Waals surface area contributed by atoms with E-state index in [4.69, 9.17) is 9.57 Å². The number of benzene rings is 2. The molecule has 2 amide bonds. The third-order valence-electron chi connectivity index (χ3n) is 6.39. The highest BCUT2D eigenvalue weighted by Gasteiger charge is 2.43. The van der Waals surface area contributed by atoms with Crippen molar-refractivity contribution >= 4 is 16.9 Å². The quantitative estimate of drug-likeness (QED) is 0.650. The van der Waals surface area contributed by atoms with Gasteiger partial charge < -0.3 is 9.64 Å². The molecule has 30 heavy (non-hydrogen) atoms. The second kappa shape index (κ2) is 7.29. The summed E-state index contributed by atoms with van der Waals surface area (Å²) in [6, 6.07) is 14.7. The Morgan fingerprint density at radius 2 is 2.03 bits per heavy atom. The van der Waals surface area contributed by atoms with E-state index < -0.39 is 0 Å². The van der Waals surface area contributed by atoms with Gasteiger partial charge >= 0.3 is 6.03 Å². The molecule has 0 radical (unpaired) electrons. The van der Waals surface area contributed by atoms with Crippen molar-refractivity contribution in [2.24, 2.45) is 0 Å². The van der Waals surface area contributed by atoms with E-state index in [2.05, 4.69) is 53.8 Å². The largest absolute Gasteiger partial charge is 0.487 e. The molecule has 0 atom stereocenters. The number of urea groups is 1. The molecule has 0 unspecified atom stereocenters. The van der Waals surface area contributed by atoms with Crippen molar-refractivity contribution in [2.45, 2.75) is 31.8 Å². The SMILES string of the molecule is CONC(=O)N1CCC2(CC1)Cc1cc(-c3ccc4cccnc4c3C)ccc1O2. The second-order valence-corrected chi connectivity index (χ2v) is 8.20. The Hall–Kier alpha value is -3.12. The molecule has 1 saturated heterocycles. The average molecular weight is 403 g/mol. The molecule has 5 rings (SSSR count). The maximum Gasteiger partial charge on any atom is 0.341 e. The monoisotopic (exact) mass is 403 g/mol. The molecule has 3 heterocycles. The number of nitrogens with zero attached hydrogens (tertiary/aromatic N) is 2. The number of piperidine rings is 1. The van der Waals surface area contributed by atoms with E-state index in [1.165, 1.54) is 29.4 Å². The Morgan fingerprint density at radius 3 is 2.83 bits per heavy atom. The number of hydrogen-bond acceptors (Lipinski definition) is 4. The topological polar surface area (TPSA) is 63.7 Å². The van der Waals surface area contributed by atoms with Gasteiger partial charge in [-0.2, -0.15) is 0 Å². The fraction of sp³-hybridized carbons (Fsp3) is 0.333. The summed E-state index contributed by atoms with van der Waals surface area (Å²) in [7, 11) is 1.45. The van der Waals surface area contributed by atoms with E-state index in [0.717, 1.165) is 35.9 Å². The van der Waals surface area contributed by atoms with Gasteiger partial charge in [0.1, 0.15) is 11.4 Å². The van der Waals surface area contributed by atoms with Crippen molar-refractivity contribution in [2.75, 3.05) is 20.2 Å². The minimum absolute atomic E-state index is 0.189. The third-order valence-corrected chi connectivity index (χ3v) is 6.39. The zero-order valence-corrected chi connectivity index (χ0v) is 17.3. The number of fused-ring (bicyclic) bond motifs is 2. The standard InChI is InChI=1S/C24H25N3O3/c1-16-20(7-5-17-4-3-11-25-22(16)17)18-6-8-21-19(14-18)15-24(30-21)9-12-27(13-10-24)23(28)26-29-2/h3-8,11,14H,9-10,12-13,15H2,1-2H3,(H,26,28). The van der Waals surface area contributed by atoms with Gasteiger partial charge in [-0.05, 0) is 47.4 Å². The first kappa shape index (κ1) is 18.9. The van der Waals surface area contributed by atoms with Crippen LogP contribution in [-0.4, -0.2) is 41.7 Å². The lowest BCUT2D eigenvalue weighted by molar-refractivity contribution is 0.0199. The normalized spacial score (nSPS) is 17.1. The molecule has 1 aromatic heterocycles. The molecular weight excluding hydrogens is 378 g/mol. The second-order valence-electron chi connectivity index (χ2n) is 8.20. The zero-order valence-electron chi connectivity index (χ0n) is 17.3. The predicted octanol–water partition coefficient (Wildman–Crippen LogP) is 4.25. The van der Waals surface area contributed by atoms with E-state index in [-0.39, 0.29) is 11.6 Å². The number of aromatic nitrogens is 1. The Labute approximate surface area is 175 Å². The highest BCUT2D eigenvalue weighted by Crippen LogP contribution is 2.43. The summed E-state index contributed by atoms with van der Waals surface area (Å²) in [6.45, 7) is 3.45. The van der Waals surface area contributed by atoms with Crippen LogP contribution < -0.4 is 10.2 Å². The zero-order chi connectivity index (χ0) is 20.7. The van der Waals surface area contributed by atoms with Crippen molar-refractivity contribution in [1.82, 2.24) is 15.4 Å². The minimum atomic E-state index is -0.217. The highest BCUT2D eigenvalue weighted by molar-refractivity contribution is 5.88. The molecule has 2 aliphatic rings. The van der Waals surface area contributed by atoms with Gasteiger partial charge in [-0.25, -0.2) is 10.3 Å². The molecule has 154 valence electrons. The number of pyridine rings is 1. The molecule has 1 N–H and O–H groups in total. The Morgan fingerprint density at radius 1 is 1.20 bits per heavy atom. The van der Waals surface area contributed by atoms with Crippen molar-refractivity contribution < 1.29 is 14.4 Å². The lowest BCUT2D eigenvalue weighted by Crippen LogP contribution is -2.51. The van der Waals surface area contributed by atoms with Crippen LogP contribution in [0.4, 0.5) is 4.79 Å². The van der Waals surface area contributed by atoms with Crippen molar-refractivity contribution in [1.29, 1.82) is 0 Å². The van der Waals surface area contributed by atoms with Gasteiger partial charge in [-0.1, -0.05) is 24.3 Å². The summed E-state index contributed by atoms with van der Waals surface area (Å²) in [5, 5.41) is 1.16. The first-order valence-corrected chi connectivity index (χ1v) is 10.3. The van der Waals surface area contributed by atoms with Crippen LogP contribution in [0.3, 0.4) is 0 Å². The fourth-order valence-corrected chi connectivity index (χ4v) is 4.75. The first-order valence-electron chi connectivity index (χ1n) is 10.3. The number of hydrogen-bond donors (Lipinski definition) is 1. The van der Waals surface area contributed by atoms with Gasteiger partial charge in [0.25, 0.3) is 0 Å². The van der Waals surface area contributed by atoms with Gasteiger partial charge in [0.2, 0.25) is 0 Å². The van der Waals surface area contributed by atoms with Crippen LogP contribution in [0.2, 0.25) is 0 Å². The number of aryl methyl sites for hydroxylation is 1. The third kappa shape index (κ3) is 3.17. The molecule has 3 aromatic rings. The van der Waals surface area contributed by atoms with Crippen molar-refractivity contribution in [3.8, 4) is 16.9 Å². The molecule has 1 spiro atoms. The smallest absolute Gasteiger partial charge is 0.341 e. The number of hydroxylamine groups is 1. The average Bonchev–Trinajstić information content (AvgIpc) is 3.11. The molecule has 2 aliphatic heterocycles. The van der Waals surface area contributed by atoms with Gasteiger partial charge in [0.15, 0.2) is 0 Å². The number of likely N-dealkylation sites (tertiary alicyclic amines) is 1. The molecule has 1 fully saturated rings. The molecule has 0 aliphatic carbocycles. The predicted molar refractivity (Wildman–Crippen MR) is 115 cm³/mol. The number of nitrogens with one attached hydrogen (secondary N) is 1. The van der Waals surface area contributed by atoms with Crippen molar-refractivity contribution in [3.05, 3.63) is 59.8 Å².